The van der Waals surface area contributed by atoms with Crippen molar-refractivity contribution >= 4 is 5.97 Å². The lowest BCUT2D eigenvalue weighted by molar-refractivity contribution is -0.136. The van der Waals surface area contributed by atoms with Gasteiger partial charge >= 0.3 is 5.97 Å². The molecule has 0 aliphatic heterocycles. The predicted molar refractivity (Wildman–Crippen MR) is 67.7 cm³/mol. The number of aliphatic carboxylic acids is 1. The van der Waals surface area contributed by atoms with Crippen LogP contribution in [0.15, 0.2) is 30.5 Å². The molecule has 2 rings (SSSR count). The van der Waals surface area contributed by atoms with Crippen LogP contribution in [0, 0.1) is 0 Å². The number of carboxylic acid groups (broad SMARTS) is 1. The Balaban J connectivity index is 2.31. The summed E-state index contributed by atoms with van der Waals surface area (Å²) in [6, 6.07) is 6.50. The molecule has 0 unspecified atom stereocenters. The van der Waals surface area contributed by atoms with Gasteiger partial charge in [0, 0.05) is 12.0 Å². The fourth-order valence-electron chi connectivity index (χ4n) is 1.78. The molecule has 2 aromatic rings. The number of aromatic nitrogens is 2. The molecular formula is C13H14N2O4. The molecule has 0 saturated heterocycles. The van der Waals surface area contributed by atoms with E-state index in [-0.39, 0.29) is 12.2 Å². The van der Waals surface area contributed by atoms with Crippen molar-refractivity contribution in [3.05, 3.63) is 36.0 Å². The van der Waals surface area contributed by atoms with Crippen molar-refractivity contribution < 1.29 is 19.7 Å². The van der Waals surface area contributed by atoms with Gasteiger partial charge in [-0.15, -0.1) is 0 Å². The summed E-state index contributed by atoms with van der Waals surface area (Å²) >= 11 is 0. The van der Waals surface area contributed by atoms with Crippen LogP contribution in [0.25, 0.3) is 5.69 Å². The second-order valence-corrected chi connectivity index (χ2v) is 4.00. The lowest BCUT2D eigenvalue weighted by atomic mass is 10.2. The molecule has 1 heterocycles. The smallest absolute Gasteiger partial charge is 0.303 e. The van der Waals surface area contributed by atoms with Crippen molar-refractivity contribution in [1.82, 2.24) is 9.78 Å². The van der Waals surface area contributed by atoms with E-state index in [9.17, 15) is 9.90 Å². The third-order valence-electron chi connectivity index (χ3n) is 2.69. The van der Waals surface area contributed by atoms with Crippen molar-refractivity contribution in [2.75, 3.05) is 7.11 Å². The molecule has 0 fully saturated rings. The molecule has 100 valence electrons. The molecule has 0 radical (unpaired) electrons. The Bertz CT molecular complexity index is 575. The minimum Gasteiger partial charge on any atom is -0.508 e. The highest BCUT2D eigenvalue weighted by Gasteiger charge is 2.13. The van der Waals surface area contributed by atoms with E-state index in [0.717, 1.165) is 11.3 Å². The van der Waals surface area contributed by atoms with Crippen LogP contribution in [0.5, 0.6) is 11.6 Å². The molecule has 0 spiro atoms. The molecule has 6 heteroatoms. The summed E-state index contributed by atoms with van der Waals surface area (Å²) in [5.74, 6) is -0.188. The van der Waals surface area contributed by atoms with Gasteiger partial charge in [0.25, 0.3) is 0 Å². The standard InChI is InChI=1S/C13H14N2O4/c1-19-13-9(2-7-12(17)18)8-14-15(13)10-3-5-11(16)6-4-10/h3-6,8,16H,2,7H2,1H3,(H,17,18). The number of hydrogen-bond acceptors (Lipinski definition) is 4. The molecule has 0 amide bonds. The van der Waals surface area contributed by atoms with Crippen LogP contribution in [-0.4, -0.2) is 33.1 Å². The third-order valence-corrected chi connectivity index (χ3v) is 2.69. The van der Waals surface area contributed by atoms with Gasteiger partial charge in [0.15, 0.2) is 0 Å². The first-order chi connectivity index (χ1) is 9.11. The Morgan fingerprint density at radius 3 is 2.63 bits per heavy atom. The van der Waals surface area contributed by atoms with Gasteiger partial charge in [-0.2, -0.15) is 5.10 Å². The zero-order valence-corrected chi connectivity index (χ0v) is 10.4. The van der Waals surface area contributed by atoms with Crippen molar-refractivity contribution in [3.8, 4) is 17.3 Å². The first-order valence-electron chi connectivity index (χ1n) is 5.74. The van der Waals surface area contributed by atoms with Gasteiger partial charge in [-0.1, -0.05) is 0 Å². The van der Waals surface area contributed by atoms with Gasteiger partial charge in [0.05, 0.1) is 19.0 Å². The van der Waals surface area contributed by atoms with Crippen molar-refractivity contribution in [2.24, 2.45) is 0 Å². The zero-order valence-electron chi connectivity index (χ0n) is 10.4. The number of phenols is 1. The maximum absolute atomic E-state index is 10.6. The van der Waals surface area contributed by atoms with Gasteiger partial charge in [0.1, 0.15) is 5.75 Å². The highest BCUT2D eigenvalue weighted by atomic mass is 16.5. The number of carboxylic acids is 1. The number of aromatic hydroxyl groups is 1. The number of rotatable bonds is 5. The minimum atomic E-state index is -0.862. The van der Waals surface area contributed by atoms with Crippen LogP contribution >= 0.6 is 0 Å². The topological polar surface area (TPSA) is 84.6 Å². The number of benzene rings is 1. The van der Waals surface area contributed by atoms with E-state index in [4.69, 9.17) is 9.84 Å². The van der Waals surface area contributed by atoms with Crippen LogP contribution in [0.3, 0.4) is 0 Å². The Kier molecular flexibility index (Phi) is 3.70. The van der Waals surface area contributed by atoms with Crippen LogP contribution in [-0.2, 0) is 11.2 Å². The molecule has 0 bridgehead atoms. The highest BCUT2D eigenvalue weighted by Crippen LogP contribution is 2.24. The van der Waals surface area contributed by atoms with Gasteiger partial charge in [-0.05, 0) is 30.7 Å². The van der Waals surface area contributed by atoms with Crippen LogP contribution in [0.4, 0.5) is 0 Å². The summed E-state index contributed by atoms with van der Waals surface area (Å²) < 4.78 is 6.84. The lowest BCUT2D eigenvalue weighted by Gasteiger charge is -2.07. The average molecular weight is 262 g/mol. The maximum atomic E-state index is 10.6. The van der Waals surface area contributed by atoms with E-state index in [2.05, 4.69) is 5.10 Å². The van der Waals surface area contributed by atoms with Gasteiger partial charge in [-0.3, -0.25) is 4.79 Å². The van der Waals surface area contributed by atoms with Crippen molar-refractivity contribution in [3.63, 3.8) is 0 Å². The van der Waals surface area contributed by atoms with Gasteiger partial charge in [0.2, 0.25) is 5.88 Å². The number of nitrogens with zero attached hydrogens (tertiary/aromatic N) is 2. The predicted octanol–water partition coefficient (Wildman–Crippen LogP) is 1.60. The van der Waals surface area contributed by atoms with E-state index < -0.39 is 5.97 Å². The average Bonchev–Trinajstić information content (AvgIpc) is 2.80. The third kappa shape index (κ3) is 2.85. The number of carbonyl (C=O) groups is 1. The molecule has 0 aliphatic rings. The Labute approximate surface area is 109 Å². The molecule has 19 heavy (non-hydrogen) atoms. The van der Waals surface area contributed by atoms with E-state index in [1.165, 1.54) is 7.11 Å². The fourth-order valence-corrected chi connectivity index (χ4v) is 1.78. The quantitative estimate of drug-likeness (QED) is 0.855. The highest BCUT2D eigenvalue weighted by molar-refractivity contribution is 5.67. The Morgan fingerprint density at radius 2 is 2.05 bits per heavy atom. The Hall–Kier alpha value is -2.50. The van der Waals surface area contributed by atoms with E-state index in [0.29, 0.717) is 12.3 Å². The number of hydrogen-bond donors (Lipinski definition) is 2. The second-order valence-electron chi connectivity index (χ2n) is 4.00. The number of phenolic OH excluding ortho intramolecular Hbond substituents is 1. The van der Waals surface area contributed by atoms with E-state index in [1.54, 1.807) is 35.1 Å². The molecule has 6 nitrogen and oxygen atoms in total. The number of methoxy groups -OCH3 is 1. The summed E-state index contributed by atoms with van der Waals surface area (Å²) in [4.78, 5) is 10.6. The monoisotopic (exact) mass is 262 g/mol. The summed E-state index contributed by atoms with van der Waals surface area (Å²) in [5, 5.41) is 22.1. The van der Waals surface area contributed by atoms with E-state index in [1.807, 2.05) is 0 Å². The first kappa shape index (κ1) is 12.9. The maximum Gasteiger partial charge on any atom is 0.303 e. The Morgan fingerprint density at radius 1 is 1.37 bits per heavy atom. The number of ether oxygens (including phenoxy) is 1. The molecule has 0 saturated carbocycles. The second kappa shape index (κ2) is 5.43. The zero-order chi connectivity index (χ0) is 13.8. The van der Waals surface area contributed by atoms with Crippen LogP contribution in [0.1, 0.15) is 12.0 Å². The minimum absolute atomic E-state index is 0.0254. The first-order valence-corrected chi connectivity index (χ1v) is 5.74. The molecule has 2 N–H and O–H groups in total. The van der Waals surface area contributed by atoms with Crippen LogP contribution < -0.4 is 4.74 Å². The molecular weight excluding hydrogens is 248 g/mol. The van der Waals surface area contributed by atoms with Crippen molar-refractivity contribution in [1.29, 1.82) is 0 Å². The molecule has 1 aromatic carbocycles. The molecule has 0 atom stereocenters. The summed E-state index contributed by atoms with van der Waals surface area (Å²) in [6.07, 6.45) is 1.98. The summed E-state index contributed by atoms with van der Waals surface area (Å²) in [7, 11) is 1.51. The van der Waals surface area contributed by atoms with Crippen LogP contribution in [0.2, 0.25) is 0 Å². The fraction of sp³-hybridized carbons (Fsp3) is 0.231. The summed E-state index contributed by atoms with van der Waals surface area (Å²) in [5.41, 5.74) is 1.47. The van der Waals surface area contributed by atoms with Gasteiger partial charge in [-0.25, -0.2) is 4.68 Å². The lowest BCUT2D eigenvalue weighted by Crippen LogP contribution is -2.02. The summed E-state index contributed by atoms with van der Waals surface area (Å²) in [6.45, 7) is 0. The van der Waals surface area contributed by atoms with Crippen molar-refractivity contribution in [2.45, 2.75) is 12.8 Å². The van der Waals surface area contributed by atoms with E-state index >= 15 is 0 Å². The normalized spacial score (nSPS) is 10.4. The number of aryl methyl sites for hydroxylation is 1. The molecule has 0 aliphatic carbocycles. The largest absolute Gasteiger partial charge is 0.508 e. The SMILES string of the molecule is COc1c(CCC(=O)O)cnn1-c1ccc(O)cc1. The van der Waals surface area contributed by atoms with Gasteiger partial charge < -0.3 is 14.9 Å². The molecule has 1 aromatic heterocycles.